The summed E-state index contributed by atoms with van der Waals surface area (Å²) >= 11 is 0. The molecule has 0 spiro atoms. The molecule has 0 saturated carbocycles. The van der Waals surface area contributed by atoms with Gasteiger partial charge in [0.25, 0.3) is 0 Å². The third-order valence-electron chi connectivity index (χ3n) is 11.0. The second kappa shape index (κ2) is 24.4. The molecule has 0 aliphatic rings. The number of hydrogen-bond donors (Lipinski definition) is 1. The molecule has 364 valence electrons. The molecule has 0 radical (unpaired) electrons. The molecular weight excluding hydrogens is 1020 g/mol. The van der Waals surface area contributed by atoms with Gasteiger partial charge in [0.15, 0.2) is 21.6 Å². The Morgan fingerprint density at radius 1 is 0.444 bits per heavy atom. The molecule has 3 aromatic heterocycles. The fourth-order valence-corrected chi connectivity index (χ4v) is 13.3. The second-order valence-corrected chi connectivity index (χ2v) is 21.7. The van der Waals surface area contributed by atoms with Crippen molar-refractivity contribution in [2.24, 2.45) is 0 Å². The summed E-state index contributed by atoms with van der Waals surface area (Å²) < 4.78 is 65.8. The molecular formula is C56H44CuF3N4O5P2S+2. The number of ether oxygens (including phenoxy) is 1. The minimum atomic E-state index is -6.09. The average Bonchev–Trinajstić information content (AvgIpc) is 3.41. The van der Waals surface area contributed by atoms with Gasteiger partial charge in [-0.05, 0) is 109 Å². The maximum absolute atomic E-state index is 10.7. The molecule has 0 amide bonds. The zero-order valence-corrected chi connectivity index (χ0v) is 41.9. The molecule has 0 aliphatic heterocycles. The molecule has 0 atom stereocenters. The van der Waals surface area contributed by atoms with Crippen LogP contribution >= 0.6 is 15.8 Å². The summed E-state index contributed by atoms with van der Waals surface area (Å²) in [6.45, 7) is 0. The first-order valence-electron chi connectivity index (χ1n) is 22.0. The molecule has 1 N–H and O–H groups in total. The second-order valence-electron chi connectivity index (χ2n) is 15.4. The van der Waals surface area contributed by atoms with Gasteiger partial charge < -0.3 is 14.4 Å². The molecule has 0 unspecified atom stereocenters. The number of pyridine rings is 2. The van der Waals surface area contributed by atoms with Crippen LogP contribution in [0.3, 0.4) is 0 Å². The summed E-state index contributed by atoms with van der Waals surface area (Å²) in [5.41, 5.74) is -0.366. The maximum atomic E-state index is 10.7. The number of fused-ring (bicyclic) bond motifs is 7. The van der Waals surface area contributed by atoms with Gasteiger partial charge in [-0.2, -0.15) is 13.2 Å². The Morgan fingerprint density at radius 2 is 0.736 bits per heavy atom. The van der Waals surface area contributed by atoms with E-state index in [4.69, 9.17) is 32.8 Å². The van der Waals surface area contributed by atoms with Crippen molar-refractivity contribution in [2.75, 3.05) is 7.11 Å². The van der Waals surface area contributed by atoms with Crippen molar-refractivity contribution in [3.8, 4) is 11.5 Å². The molecule has 3 heterocycles. The number of rotatable bonds is 8. The minimum Gasteiger partial charge on any atom is -0.741 e. The van der Waals surface area contributed by atoms with Crippen LogP contribution in [-0.4, -0.2) is 50.6 Å². The monoisotopic (exact) mass is 1070 g/mol. The normalized spacial score (nSPS) is 11.2. The molecule has 0 fully saturated rings. The van der Waals surface area contributed by atoms with Crippen molar-refractivity contribution in [3.63, 3.8) is 0 Å². The molecule has 0 aliphatic carbocycles. The molecule has 11 rings (SSSR count). The Kier molecular flexibility index (Phi) is 17.9. The van der Waals surface area contributed by atoms with E-state index in [1.54, 1.807) is 12.4 Å². The standard InChI is InChI=1S/C36H28OP2.C18H10N4.CHF3O3S.CH4O.Cu/c1-5-17-29(18-6-1)38(30-19-7-2-8-20-30)35-27-15-13-25-33(35)37-34-26-14-16-28-36(34)39(31-21-9-3-10-22-31)32-23-11-4-12-24-32;1-2-8-14-13(7-1)21-17-11-5-3-9-19-15(11)16-12(18(17)22-14)6-4-10-20-16;2-1(3,4)8(5,6)7;1-2;/h1-28H;1-10H;(H,5,6,7);2H,1H3;/q;;;;+1/p+1. The Bertz CT molecular complexity index is 3360. The van der Waals surface area contributed by atoms with E-state index >= 15 is 0 Å². The quantitative estimate of drug-likeness (QED) is 0.0394. The SMILES string of the molecule is CO.O=S(=O)([O-])C(F)(F)F.[Cu+].c1ccc([PH+](c2ccccc2)c2ccccc2Oc2ccccc2[PH+](c2ccccc2)c2ccccc2)cc1.c1ccc2nc3c4cccnc4c4ncccc4c3nc2c1. The van der Waals surface area contributed by atoms with Gasteiger partial charge >= 0.3 is 22.6 Å². The summed E-state index contributed by atoms with van der Waals surface area (Å²) in [6.07, 6.45) is 3.58. The third-order valence-corrected chi connectivity index (χ3v) is 17.1. The summed E-state index contributed by atoms with van der Waals surface area (Å²) in [4.78, 5) is 18.7. The minimum absolute atomic E-state index is 0. The van der Waals surface area contributed by atoms with Crippen LogP contribution in [-0.2, 0) is 27.2 Å². The van der Waals surface area contributed by atoms with E-state index in [1.165, 1.54) is 31.8 Å². The van der Waals surface area contributed by atoms with Gasteiger partial charge in [0.2, 0.25) is 0 Å². The summed E-state index contributed by atoms with van der Waals surface area (Å²) in [5, 5.41) is 16.9. The van der Waals surface area contributed by atoms with E-state index in [-0.39, 0.29) is 17.1 Å². The van der Waals surface area contributed by atoms with E-state index in [9.17, 15) is 13.2 Å². The van der Waals surface area contributed by atoms with E-state index < -0.39 is 31.5 Å². The Labute approximate surface area is 427 Å². The smallest absolute Gasteiger partial charge is 0.741 e. The fourth-order valence-electron chi connectivity index (χ4n) is 7.96. The van der Waals surface area contributed by atoms with Crippen LogP contribution in [0.4, 0.5) is 13.2 Å². The van der Waals surface area contributed by atoms with Gasteiger partial charge in [-0.3, -0.25) is 9.97 Å². The van der Waals surface area contributed by atoms with Crippen LogP contribution in [0.5, 0.6) is 11.5 Å². The third kappa shape index (κ3) is 12.2. The summed E-state index contributed by atoms with van der Waals surface area (Å²) in [5.74, 6) is 1.85. The molecule has 72 heavy (non-hydrogen) atoms. The van der Waals surface area contributed by atoms with Crippen LogP contribution in [0.15, 0.2) is 231 Å². The first-order chi connectivity index (χ1) is 34.5. The Morgan fingerprint density at radius 3 is 1.06 bits per heavy atom. The van der Waals surface area contributed by atoms with Crippen molar-refractivity contribution in [1.82, 2.24) is 19.9 Å². The van der Waals surface area contributed by atoms with Crippen LogP contribution in [0.25, 0.3) is 43.9 Å². The number of alkyl halides is 3. The van der Waals surface area contributed by atoms with E-state index in [2.05, 4.69) is 180 Å². The van der Waals surface area contributed by atoms with Crippen LogP contribution in [0.1, 0.15) is 0 Å². The number of benzene rings is 8. The van der Waals surface area contributed by atoms with Gasteiger partial charge in [-0.25, -0.2) is 18.4 Å². The zero-order chi connectivity index (χ0) is 49.8. The van der Waals surface area contributed by atoms with Crippen molar-refractivity contribution in [2.45, 2.75) is 5.51 Å². The molecule has 8 aromatic carbocycles. The van der Waals surface area contributed by atoms with Crippen LogP contribution in [0, 0.1) is 0 Å². The summed E-state index contributed by atoms with van der Waals surface area (Å²) in [6, 6.07) is 76.4. The number of aromatic nitrogens is 4. The molecule has 0 bridgehead atoms. The van der Waals surface area contributed by atoms with Crippen LogP contribution < -0.4 is 36.6 Å². The van der Waals surface area contributed by atoms with Gasteiger partial charge in [0.05, 0.1) is 33.1 Å². The molecule has 9 nitrogen and oxygen atoms in total. The summed E-state index contributed by atoms with van der Waals surface area (Å²) in [7, 11) is -7.65. The van der Waals surface area contributed by atoms with E-state index in [0.29, 0.717) is 0 Å². The molecule has 16 heteroatoms. The van der Waals surface area contributed by atoms with Crippen molar-refractivity contribution in [1.29, 1.82) is 0 Å². The average molecular weight is 1070 g/mol. The van der Waals surface area contributed by atoms with Gasteiger partial charge in [0, 0.05) is 30.3 Å². The fraction of sp³-hybridized carbons (Fsp3) is 0.0357. The van der Waals surface area contributed by atoms with E-state index in [0.717, 1.165) is 62.5 Å². The number of aliphatic hydroxyl groups is 1. The predicted molar refractivity (Wildman–Crippen MR) is 285 cm³/mol. The first-order valence-corrected chi connectivity index (χ1v) is 26.4. The van der Waals surface area contributed by atoms with Gasteiger partial charge in [-0.15, -0.1) is 0 Å². The number of nitrogens with zero attached hydrogens (tertiary/aromatic N) is 4. The topological polar surface area (TPSA) is 138 Å². The van der Waals surface area contributed by atoms with Crippen LogP contribution in [0.2, 0.25) is 0 Å². The predicted octanol–water partition coefficient (Wildman–Crippen LogP) is 10.00. The van der Waals surface area contributed by atoms with E-state index in [1.807, 2.05) is 48.5 Å². The maximum Gasteiger partial charge on any atom is 1.00 e. The first kappa shape index (κ1) is 52.8. The number of halogens is 3. The Hall–Kier alpha value is -6.98. The van der Waals surface area contributed by atoms with Crippen molar-refractivity contribution >= 4 is 102 Å². The molecule has 11 aromatic rings. The van der Waals surface area contributed by atoms with Gasteiger partial charge in [-0.1, -0.05) is 109 Å². The number of hydrogen-bond acceptors (Lipinski definition) is 9. The number of para-hydroxylation sites is 4. The van der Waals surface area contributed by atoms with Crippen molar-refractivity contribution in [3.05, 3.63) is 231 Å². The largest absolute Gasteiger partial charge is 1.00 e. The Balaban J connectivity index is 0.000000193. The van der Waals surface area contributed by atoms with Gasteiger partial charge in [0.1, 0.15) is 47.7 Å². The number of aliphatic hydroxyl groups excluding tert-OH is 1. The molecule has 0 saturated heterocycles. The zero-order valence-electron chi connectivity index (χ0n) is 38.2. The van der Waals surface area contributed by atoms with Crippen molar-refractivity contribution < 1.29 is 53.1 Å².